The van der Waals surface area contributed by atoms with Crippen molar-refractivity contribution in [2.75, 3.05) is 26.2 Å². The summed E-state index contributed by atoms with van der Waals surface area (Å²) in [4.78, 5) is 2.60. The minimum absolute atomic E-state index is 0.0867. The third-order valence-electron chi connectivity index (χ3n) is 7.42. The number of sulfonamides is 1. The molecule has 2 heterocycles. The first-order chi connectivity index (χ1) is 13.5. The van der Waals surface area contributed by atoms with Crippen LogP contribution in [0.4, 0.5) is 0 Å². The van der Waals surface area contributed by atoms with Crippen molar-refractivity contribution in [1.82, 2.24) is 9.21 Å². The van der Waals surface area contributed by atoms with Crippen LogP contribution in [0.1, 0.15) is 50.2 Å². The zero-order chi connectivity index (χ0) is 19.3. The molecule has 0 bridgehead atoms. The number of benzene rings is 1. The molecule has 2 aliphatic heterocycles. The third kappa shape index (κ3) is 3.46. The molecule has 5 heteroatoms. The van der Waals surface area contributed by atoms with E-state index in [-0.39, 0.29) is 5.25 Å². The van der Waals surface area contributed by atoms with Crippen molar-refractivity contribution in [3.05, 3.63) is 41.5 Å². The second-order valence-electron chi connectivity index (χ2n) is 9.30. The molecule has 1 aromatic carbocycles. The molecule has 3 fully saturated rings. The highest BCUT2D eigenvalue weighted by Crippen LogP contribution is 2.45. The molecule has 3 atom stereocenters. The van der Waals surface area contributed by atoms with Crippen LogP contribution in [0.25, 0.3) is 5.57 Å². The van der Waals surface area contributed by atoms with Gasteiger partial charge in [0.05, 0.1) is 5.25 Å². The predicted molar refractivity (Wildman–Crippen MR) is 114 cm³/mol. The molecule has 0 spiro atoms. The first-order valence-electron chi connectivity index (χ1n) is 11.0. The molecule has 1 saturated carbocycles. The summed E-state index contributed by atoms with van der Waals surface area (Å²) in [5.74, 6) is 0.852. The van der Waals surface area contributed by atoms with Crippen LogP contribution in [-0.2, 0) is 16.4 Å². The van der Waals surface area contributed by atoms with Crippen molar-refractivity contribution >= 4 is 15.6 Å². The number of rotatable bonds is 6. The van der Waals surface area contributed by atoms with Crippen LogP contribution in [-0.4, -0.2) is 55.1 Å². The summed E-state index contributed by atoms with van der Waals surface area (Å²) in [6.07, 6.45) is 8.88. The SMILES string of the molecule is CC1CCCN1CCc1ccc(C2=CCC3CN(S(=O)(=O)C4CC4)CC23)cc1. The van der Waals surface area contributed by atoms with Gasteiger partial charge in [-0.25, -0.2) is 12.7 Å². The second kappa shape index (κ2) is 7.26. The van der Waals surface area contributed by atoms with Crippen LogP contribution in [0.2, 0.25) is 0 Å². The van der Waals surface area contributed by atoms with Gasteiger partial charge in [-0.3, -0.25) is 0 Å². The minimum atomic E-state index is -3.04. The molecule has 1 aromatic rings. The summed E-state index contributed by atoms with van der Waals surface area (Å²) >= 11 is 0. The van der Waals surface area contributed by atoms with Crippen LogP contribution in [0.15, 0.2) is 30.3 Å². The molecule has 2 saturated heterocycles. The van der Waals surface area contributed by atoms with Gasteiger partial charge in [-0.1, -0.05) is 30.3 Å². The smallest absolute Gasteiger partial charge is 0.217 e. The van der Waals surface area contributed by atoms with Gasteiger partial charge in [0.1, 0.15) is 0 Å². The molecule has 0 aromatic heterocycles. The standard InChI is InChI=1S/C23H32N2O2S/c1-17-3-2-13-24(17)14-12-18-4-6-19(7-5-18)22-11-8-20-15-25(16-23(20)22)28(26,27)21-9-10-21/h4-7,11,17,20-21,23H,2-3,8-10,12-16H2,1H3. The Labute approximate surface area is 169 Å². The molecule has 28 heavy (non-hydrogen) atoms. The van der Waals surface area contributed by atoms with E-state index in [4.69, 9.17) is 0 Å². The summed E-state index contributed by atoms with van der Waals surface area (Å²) < 4.78 is 27.0. The summed E-state index contributed by atoms with van der Waals surface area (Å²) in [5, 5.41) is -0.0867. The van der Waals surface area contributed by atoms with E-state index < -0.39 is 10.0 Å². The normalized spacial score (nSPS) is 31.3. The molecule has 4 aliphatic rings. The Morgan fingerprint density at radius 3 is 2.54 bits per heavy atom. The van der Waals surface area contributed by atoms with E-state index in [1.165, 1.54) is 36.1 Å². The predicted octanol–water partition coefficient (Wildman–Crippen LogP) is 3.54. The lowest BCUT2D eigenvalue weighted by Gasteiger charge is -2.21. The molecule has 0 N–H and O–H groups in total. The van der Waals surface area contributed by atoms with E-state index in [9.17, 15) is 8.42 Å². The van der Waals surface area contributed by atoms with Crippen LogP contribution < -0.4 is 0 Å². The second-order valence-corrected chi connectivity index (χ2v) is 11.5. The maximum atomic E-state index is 12.6. The highest BCUT2D eigenvalue weighted by molar-refractivity contribution is 7.90. The average molecular weight is 401 g/mol. The zero-order valence-corrected chi connectivity index (χ0v) is 17.7. The Balaban J connectivity index is 1.23. The van der Waals surface area contributed by atoms with E-state index in [1.54, 1.807) is 4.31 Å². The van der Waals surface area contributed by atoms with E-state index in [0.29, 0.717) is 18.4 Å². The van der Waals surface area contributed by atoms with Crippen molar-refractivity contribution < 1.29 is 8.42 Å². The van der Waals surface area contributed by atoms with Gasteiger partial charge in [0.2, 0.25) is 10.0 Å². The molecule has 2 aliphatic carbocycles. The Hall–Kier alpha value is -1.17. The van der Waals surface area contributed by atoms with E-state index in [1.807, 2.05) is 0 Å². The van der Waals surface area contributed by atoms with Gasteiger partial charge in [0, 0.05) is 31.6 Å². The Morgan fingerprint density at radius 2 is 1.86 bits per heavy atom. The zero-order valence-electron chi connectivity index (χ0n) is 16.9. The van der Waals surface area contributed by atoms with Gasteiger partial charge in [0.25, 0.3) is 0 Å². The summed E-state index contributed by atoms with van der Waals surface area (Å²) in [5.41, 5.74) is 4.07. The number of hydrogen-bond acceptors (Lipinski definition) is 3. The first kappa shape index (κ1) is 18.8. The van der Waals surface area contributed by atoms with Gasteiger partial charge in [0.15, 0.2) is 0 Å². The van der Waals surface area contributed by atoms with Crippen molar-refractivity contribution in [2.45, 2.75) is 56.7 Å². The molecule has 4 nitrogen and oxygen atoms in total. The van der Waals surface area contributed by atoms with Gasteiger partial charge in [-0.2, -0.15) is 0 Å². The largest absolute Gasteiger partial charge is 0.300 e. The van der Waals surface area contributed by atoms with Crippen molar-refractivity contribution in [3.8, 4) is 0 Å². The lowest BCUT2D eigenvalue weighted by molar-refractivity contribution is 0.272. The fraction of sp³-hybridized carbons (Fsp3) is 0.652. The van der Waals surface area contributed by atoms with Crippen LogP contribution in [0.5, 0.6) is 0 Å². The quantitative estimate of drug-likeness (QED) is 0.733. The molecule has 0 radical (unpaired) electrons. The number of hydrogen-bond donors (Lipinski definition) is 0. The third-order valence-corrected chi connectivity index (χ3v) is 9.75. The fourth-order valence-electron chi connectivity index (χ4n) is 5.43. The maximum Gasteiger partial charge on any atom is 0.217 e. The van der Waals surface area contributed by atoms with E-state index in [2.05, 4.69) is 42.2 Å². The van der Waals surface area contributed by atoms with E-state index >= 15 is 0 Å². The monoisotopic (exact) mass is 400 g/mol. The summed E-state index contributed by atoms with van der Waals surface area (Å²) in [6.45, 7) is 6.14. The fourth-order valence-corrected chi connectivity index (χ4v) is 7.35. The van der Waals surface area contributed by atoms with Gasteiger partial charge >= 0.3 is 0 Å². The van der Waals surface area contributed by atoms with Crippen molar-refractivity contribution in [3.63, 3.8) is 0 Å². The highest BCUT2D eigenvalue weighted by Gasteiger charge is 2.47. The first-order valence-corrected chi connectivity index (χ1v) is 12.5. The number of likely N-dealkylation sites (tertiary alicyclic amines) is 1. The maximum absolute atomic E-state index is 12.6. The van der Waals surface area contributed by atoms with E-state index in [0.717, 1.165) is 44.8 Å². The Kier molecular flexibility index (Phi) is 4.88. The number of allylic oxidation sites excluding steroid dienone is 1. The molecule has 0 amide bonds. The minimum Gasteiger partial charge on any atom is -0.300 e. The topological polar surface area (TPSA) is 40.6 Å². The summed E-state index contributed by atoms with van der Waals surface area (Å²) in [6, 6.07) is 9.80. The van der Waals surface area contributed by atoms with Crippen LogP contribution in [0, 0.1) is 11.8 Å². The Morgan fingerprint density at radius 1 is 1.07 bits per heavy atom. The van der Waals surface area contributed by atoms with Crippen LogP contribution >= 0.6 is 0 Å². The average Bonchev–Trinajstić information content (AvgIpc) is 3.17. The molecule has 152 valence electrons. The molecule has 3 unspecified atom stereocenters. The molecule has 5 rings (SSSR count). The number of fused-ring (bicyclic) bond motifs is 1. The Bertz CT molecular complexity index is 857. The summed E-state index contributed by atoms with van der Waals surface area (Å²) in [7, 11) is -3.04. The number of nitrogens with zero attached hydrogens (tertiary/aromatic N) is 2. The van der Waals surface area contributed by atoms with Gasteiger partial charge in [-0.15, -0.1) is 0 Å². The van der Waals surface area contributed by atoms with Gasteiger partial charge in [-0.05, 0) is 74.6 Å². The van der Waals surface area contributed by atoms with Crippen molar-refractivity contribution in [2.24, 2.45) is 11.8 Å². The highest BCUT2D eigenvalue weighted by atomic mass is 32.2. The molecular weight excluding hydrogens is 368 g/mol. The lowest BCUT2D eigenvalue weighted by atomic mass is 9.90. The lowest BCUT2D eigenvalue weighted by Crippen LogP contribution is -2.32. The van der Waals surface area contributed by atoms with Gasteiger partial charge < -0.3 is 4.90 Å². The van der Waals surface area contributed by atoms with Crippen LogP contribution in [0.3, 0.4) is 0 Å². The van der Waals surface area contributed by atoms with Crippen molar-refractivity contribution in [1.29, 1.82) is 0 Å². The molecular formula is C23H32N2O2S.